The van der Waals surface area contributed by atoms with Gasteiger partial charge in [0.25, 0.3) is 5.91 Å². The van der Waals surface area contributed by atoms with Crippen molar-refractivity contribution in [3.8, 4) is 16.9 Å². The summed E-state index contributed by atoms with van der Waals surface area (Å²) in [5.74, 6) is -1.53. The number of fused-ring (bicyclic) bond motifs is 1. The van der Waals surface area contributed by atoms with Crippen molar-refractivity contribution in [1.82, 2.24) is 5.43 Å². The lowest BCUT2D eigenvalue weighted by molar-refractivity contribution is -0.114. The van der Waals surface area contributed by atoms with Crippen molar-refractivity contribution >= 4 is 40.3 Å². The maximum Gasteiger partial charge on any atom is 0.345 e. The lowest BCUT2D eigenvalue weighted by Gasteiger charge is -2.09. The first kappa shape index (κ1) is 20.9. The van der Waals surface area contributed by atoms with Gasteiger partial charge in [-0.1, -0.05) is 30.3 Å². The number of carbonyl (C=O) groups excluding carboxylic acids is 1. The molecular weight excluding hydrogens is 440 g/mol. The molecule has 9 heteroatoms. The average molecular weight is 461 g/mol. The molecule has 0 fully saturated rings. The number of rotatable bonds is 6. The van der Waals surface area contributed by atoms with Gasteiger partial charge in [0.1, 0.15) is 10.6 Å². The molecule has 3 aromatic rings. The van der Waals surface area contributed by atoms with Crippen LogP contribution in [0.15, 0.2) is 58.0 Å². The summed E-state index contributed by atoms with van der Waals surface area (Å²) in [5.41, 5.74) is 11.0. The molecule has 1 aliphatic carbocycles. The van der Waals surface area contributed by atoms with Crippen LogP contribution in [0.3, 0.4) is 0 Å². The number of aryl methyl sites for hydroxylation is 2. The van der Waals surface area contributed by atoms with E-state index in [4.69, 9.17) is 5.11 Å². The summed E-state index contributed by atoms with van der Waals surface area (Å²) >= 11 is 1.08. The molecule has 5 rings (SSSR count). The largest absolute Gasteiger partial charge is 0.505 e. The Hall–Kier alpha value is -3.98. The summed E-state index contributed by atoms with van der Waals surface area (Å²) in [5, 5.41) is 29.9. The zero-order valence-corrected chi connectivity index (χ0v) is 18.3. The molecular formula is C24H20N4O4S. The summed E-state index contributed by atoms with van der Waals surface area (Å²) in [7, 11) is 0. The molecule has 1 aromatic heterocycles. The first-order chi connectivity index (χ1) is 16.0. The number of hydrogen-bond donors (Lipinski definition) is 4. The third kappa shape index (κ3) is 4.10. The Morgan fingerprint density at radius 3 is 2.85 bits per heavy atom. The van der Waals surface area contributed by atoms with Crippen LogP contribution < -0.4 is 10.9 Å². The van der Waals surface area contributed by atoms with Crippen LogP contribution in [0.1, 0.15) is 32.8 Å². The third-order valence-electron chi connectivity index (χ3n) is 5.76. The van der Waals surface area contributed by atoms with Crippen molar-refractivity contribution in [2.24, 2.45) is 10.2 Å². The molecule has 0 bridgehead atoms. The van der Waals surface area contributed by atoms with Gasteiger partial charge in [-0.15, -0.1) is 11.3 Å². The smallest absolute Gasteiger partial charge is 0.345 e. The number of aromatic hydroxyl groups is 1. The lowest BCUT2D eigenvalue weighted by Crippen LogP contribution is -2.25. The van der Waals surface area contributed by atoms with Crippen LogP contribution in [-0.4, -0.2) is 33.5 Å². The molecule has 2 heterocycles. The molecule has 33 heavy (non-hydrogen) atoms. The number of anilines is 1. The van der Waals surface area contributed by atoms with Crippen molar-refractivity contribution in [2.75, 3.05) is 5.43 Å². The second-order valence-corrected chi connectivity index (χ2v) is 8.82. The molecule has 166 valence electrons. The van der Waals surface area contributed by atoms with Gasteiger partial charge in [-0.05, 0) is 59.0 Å². The van der Waals surface area contributed by atoms with Gasteiger partial charge in [0, 0.05) is 12.0 Å². The number of para-hydroxylation sites is 1. The Labute approximate surface area is 193 Å². The number of carbonyl (C=O) groups is 2. The molecule has 8 nitrogen and oxygen atoms in total. The predicted molar refractivity (Wildman–Crippen MR) is 127 cm³/mol. The number of carboxylic acids is 1. The number of phenols is 1. The number of hydrazone groups is 2. The fraction of sp³-hybridized carbons (Fsp3) is 0.167. The van der Waals surface area contributed by atoms with Gasteiger partial charge < -0.3 is 10.2 Å². The second-order valence-electron chi connectivity index (χ2n) is 7.91. The molecule has 0 spiro atoms. The van der Waals surface area contributed by atoms with E-state index < -0.39 is 11.9 Å². The highest BCUT2D eigenvalue weighted by atomic mass is 32.1. The van der Waals surface area contributed by atoms with E-state index in [1.807, 2.05) is 0 Å². The summed E-state index contributed by atoms with van der Waals surface area (Å²) < 4.78 is 0. The van der Waals surface area contributed by atoms with Gasteiger partial charge in [-0.2, -0.15) is 10.2 Å². The van der Waals surface area contributed by atoms with Crippen molar-refractivity contribution in [3.63, 3.8) is 0 Å². The highest BCUT2D eigenvalue weighted by molar-refractivity contribution is 7.12. The van der Waals surface area contributed by atoms with E-state index in [2.05, 4.69) is 39.3 Å². The van der Waals surface area contributed by atoms with E-state index in [9.17, 15) is 14.7 Å². The van der Waals surface area contributed by atoms with Crippen LogP contribution in [-0.2, 0) is 24.1 Å². The maximum absolute atomic E-state index is 12.3. The summed E-state index contributed by atoms with van der Waals surface area (Å²) in [4.78, 5) is 23.7. The standard InChI is InChI=1S/C24H20N4O4S/c29-22-17(16-11-20(24(31)32)33-12-16)5-2-6-18(22)25-27-21-19(26-28-23(21)30)10-13-7-8-14-3-1-4-15(14)9-13/h2,5-9,11-12,25,29H,1,3-4,10H2,(H,31,32)(H,27,28,30). The summed E-state index contributed by atoms with van der Waals surface area (Å²) in [6, 6.07) is 12.9. The van der Waals surface area contributed by atoms with Crippen LogP contribution in [0.4, 0.5) is 5.69 Å². The molecule has 0 saturated carbocycles. The number of phenolic OH excluding ortho intramolecular Hbond substituents is 1. The summed E-state index contributed by atoms with van der Waals surface area (Å²) in [6.07, 6.45) is 3.81. The number of amides is 1. The van der Waals surface area contributed by atoms with E-state index >= 15 is 0 Å². The molecule has 1 amide bonds. The van der Waals surface area contributed by atoms with Crippen molar-refractivity contribution in [3.05, 3.63) is 69.4 Å². The quantitative estimate of drug-likeness (QED) is 0.329. The molecule has 0 unspecified atom stereocenters. The first-order valence-corrected chi connectivity index (χ1v) is 11.3. The fourth-order valence-corrected chi connectivity index (χ4v) is 4.84. The average Bonchev–Trinajstić information content (AvgIpc) is 3.54. The van der Waals surface area contributed by atoms with Gasteiger partial charge >= 0.3 is 5.97 Å². The SMILES string of the molecule is O=C1NN=C(Cc2ccc3c(c2)CCC3)C1=NNc1cccc(-c2csc(C(=O)O)c2)c1O. The van der Waals surface area contributed by atoms with E-state index in [1.165, 1.54) is 23.6 Å². The van der Waals surface area contributed by atoms with Crippen LogP contribution in [0.5, 0.6) is 5.75 Å². The minimum atomic E-state index is -1.02. The van der Waals surface area contributed by atoms with Crippen LogP contribution in [0.2, 0.25) is 0 Å². The molecule has 2 aromatic carbocycles. The van der Waals surface area contributed by atoms with Crippen molar-refractivity contribution in [2.45, 2.75) is 25.7 Å². The third-order valence-corrected chi connectivity index (χ3v) is 6.68. The Kier molecular flexibility index (Phi) is 5.39. The number of hydrogen-bond acceptors (Lipinski definition) is 7. The number of benzene rings is 2. The predicted octanol–water partition coefficient (Wildman–Crippen LogP) is 3.80. The van der Waals surface area contributed by atoms with Gasteiger partial charge in [0.05, 0.1) is 11.4 Å². The zero-order chi connectivity index (χ0) is 22.9. The Morgan fingerprint density at radius 2 is 2.03 bits per heavy atom. The van der Waals surface area contributed by atoms with E-state index in [-0.39, 0.29) is 16.3 Å². The van der Waals surface area contributed by atoms with E-state index in [0.717, 1.165) is 29.7 Å². The Bertz CT molecular complexity index is 1340. The normalized spacial score (nSPS) is 15.9. The second kappa shape index (κ2) is 8.51. The zero-order valence-electron chi connectivity index (χ0n) is 17.5. The molecule has 1 aliphatic heterocycles. The monoisotopic (exact) mass is 460 g/mol. The van der Waals surface area contributed by atoms with Crippen LogP contribution in [0, 0.1) is 0 Å². The number of thiophene rings is 1. The molecule has 2 aliphatic rings. The maximum atomic E-state index is 12.3. The topological polar surface area (TPSA) is 123 Å². The van der Waals surface area contributed by atoms with Crippen LogP contribution >= 0.6 is 11.3 Å². The van der Waals surface area contributed by atoms with Gasteiger partial charge in [-0.3, -0.25) is 10.2 Å². The highest BCUT2D eigenvalue weighted by Gasteiger charge is 2.26. The van der Waals surface area contributed by atoms with Crippen LogP contribution in [0.25, 0.3) is 11.1 Å². The van der Waals surface area contributed by atoms with E-state index in [0.29, 0.717) is 28.9 Å². The highest BCUT2D eigenvalue weighted by Crippen LogP contribution is 2.37. The Morgan fingerprint density at radius 1 is 1.18 bits per heavy atom. The number of nitrogens with one attached hydrogen (secondary N) is 2. The van der Waals surface area contributed by atoms with Gasteiger partial charge in [0.2, 0.25) is 0 Å². The van der Waals surface area contributed by atoms with Crippen molar-refractivity contribution in [1.29, 1.82) is 0 Å². The number of carboxylic acid groups (broad SMARTS) is 1. The van der Waals surface area contributed by atoms with Gasteiger partial charge in [-0.25, -0.2) is 10.2 Å². The first-order valence-electron chi connectivity index (χ1n) is 10.5. The molecule has 0 saturated heterocycles. The summed E-state index contributed by atoms with van der Waals surface area (Å²) in [6.45, 7) is 0. The number of aromatic carboxylic acids is 1. The van der Waals surface area contributed by atoms with Crippen molar-refractivity contribution < 1.29 is 19.8 Å². The van der Waals surface area contributed by atoms with Gasteiger partial charge in [0.15, 0.2) is 5.71 Å². The molecule has 0 radical (unpaired) electrons. The lowest BCUT2D eigenvalue weighted by atomic mass is 10.0. The molecule has 0 atom stereocenters. The minimum Gasteiger partial charge on any atom is -0.505 e. The number of nitrogens with zero attached hydrogens (tertiary/aromatic N) is 2. The van der Waals surface area contributed by atoms with E-state index in [1.54, 1.807) is 23.6 Å². The Balaban J connectivity index is 1.37. The molecule has 4 N–H and O–H groups in total. The minimum absolute atomic E-state index is 0.0906. The fourth-order valence-electron chi connectivity index (χ4n) is 4.09.